The molecule has 0 bridgehead atoms. The zero-order valence-electron chi connectivity index (χ0n) is 14.5. The van der Waals surface area contributed by atoms with E-state index >= 15 is 0 Å². The number of methoxy groups -OCH3 is 1. The molecular formula is C18H29N3O2. The standard InChI is InChI=1S/C18H29N3O2/c1-20-11-8-16(9-12-20)14-21(2)18(22)19-10-7-15-5-4-6-17(13-15)23-3/h4-6,13,16H,7-12,14H2,1-3H3,(H,19,22). The van der Waals surface area contributed by atoms with Crippen LogP contribution in [0.25, 0.3) is 0 Å². The third-order valence-corrected chi connectivity index (χ3v) is 4.54. The number of rotatable bonds is 6. The van der Waals surface area contributed by atoms with E-state index in [0.717, 1.165) is 31.8 Å². The van der Waals surface area contributed by atoms with Gasteiger partial charge in [0.25, 0.3) is 0 Å². The van der Waals surface area contributed by atoms with Gasteiger partial charge in [0.2, 0.25) is 0 Å². The highest BCUT2D eigenvalue weighted by atomic mass is 16.5. The zero-order chi connectivity index (χ0) is 16.7. The summed E-state index contributed by atoms with van der Waals surface area (Å²) in [5.41, 5.74) is 1.17. The largest absolute Gasteiger partial charge is 0.497 e. The van der Waals surface area contributed by atoms with E-state index in [9.17, 15) is 4.79 Å². The predicted octanol–water partition coefficient (Wildman–Crippen LogP) is 2.22. The quantitative estimate of drug-likeness (QED) is 0.874. The predicted molar refractivity (Wildman–Crippen MR) is 92.9 cm³/mol. The molecule has 0 unspecified atom stereocenters. The molecule has 2 rings (SSSR count). The molecule has 0 atom stereocenters. The lowest BCUT2D eigenvalue weighted by molar-refractivity contribution is 0.170. The van der Waals surface area contributed by atoms with Crippen LogP contribution in [0, 0.1) is 5.92 Å². The van der Waals surface area contributed by atoms with Crippen molar-refractivity contribution in [1.82, 2.24) is 15.1 Å². The highest BCUT2D eigenvalue weighted by molar-refractivity contribution is 5.73. The van der Waals surface area contributed by atoms with Crippen LogP contribution in [0.15, 0.2) is 24.3 Å². The molecule has 0 radical (unpaired) electrons. The highest BCUT2D eigenvalue weighted by Crippen LogP contribution is 2.16. The molecule has 23 heavy (non-hydrogen) atoms. The molecule has 1 fully saturated rings. The van der Waals surface area contributed by atoms with Crippen LogP contribution in [-0.2, 0) is 6.42 Å². The van der Waals surface area contributed by atoms with Crippen LogP contribution in [0.4, 0.5) is 4.79 Å². The van der Waals surface area contributed by atoms with Crippen LogP contribution in [0.5, 0.6) is 5.75 Å². The van der Waals surface area contributed by atoms with Gasteiger partial charge in [-0.1, -0.05) is 12.1 Å². The number of benzene rings is 1. The van der Waals surface area contributed by atoms with Gasteiger partial charge in [0.1, 0.15) is 5.75 Å². The number of likely N-dealkylation sites (tertiary alicyclic amines) is 1. The van der Waals surface area contributed by atoms with Crippen molar-refractivity contribution in [1.29, 1.82) is 0 Å². The van der Waals surface area contributed by atoms with Crippen molar-refractivity contribution in [3.05, 3.63) is 29.8 Å². The fourth-order valence-electron chi connectivity index (χ4n) is 2.99. The zero-order valence-corrected chi connectivity index (χ0v) is 14.5. The Morgan fingerprint density at radius 2 is 2.13 bits per heavy atom. The molecule has 1 aromatic carbocycles. The summed E-state index contributed by atoms with van der Waals surface area (Å²) in [5, 5.41) is 3.00. The first kappa shape index (κ1) is 17.6. The van der Waals surface area contributed by atoms with Gasteiger partial charge in [-0.15, -0.1) is 0 Å². The van der Waals surface area contributed by atoms with E-state index in [1.165, 1.54) is 18.4 Å². The van der Waals surface area contributed by atoms with E-state index in [1.54, 1.807) is 7.11 Å². The monoisotopic (exact) mass is 319 g/mol. The van der Waals surface area contributed by atoms with Gasteiger partial charge >= 0.3 is 6.03 Å². The molecule has 2 amide bonds. The molecule has 1 aromatic rings. The normalized spacial score (nSPS) is 16.1. The molecular weight excluding hydrogens is 290 g/mol. The maximum atomic E-state index is 12.2. The van der Waals surface area contributed by atoms with Crippen molar-refractivity contribution in [2.45, 2.75) is 19.3 Å². The third kappa shape index (κ3) is 5.75. The van der Waals surface area contributed by atoms with Crippen LogP contribution in [0.3, 0.4) is 0 Å². The Morgan fingerprint density at radius 3 is 2.83 bits per heavy atom. The van der Waals surface area contributed by atoms with E-state index in [-0.39, 0.29) is 6.03 Å². The summed E-state index contributed by atoms with van der Waals surface area (Å²) in [5.74, 6) is 1.48. The lowest BCUT2D eigenvalue weighted by Gasteiger charge is -2.31. The highest BCUT2D eigenvalue weighted by Gasteiger charge is 2.20. The van der Waals surface area contributed by atoms with Crippen LogP contribution in [0.1, 0.15) is 18.4 Å². The van der Waals surface area contributed by atoms with Crippen molar-refractivity contribution in [3.63, 3.8) is 0 Å². The lowest BCUT2D eigenvalue weighted by Crippen LogP contribution is -2.42. The van der Waals surface area contributed by atoms with E-state index in [4.69, 9.17) is 4.74 Å². The fraction of sp³-hybridized carbons (Fsp3) is 0.611. The smallest absolute Gasteiger partial charge is 0.317 e. The molecule has 128 valence electrons. The summed E-state index contributed by atoms with van der Waals surface area (Å²) in [4.78, 5) is 16.3. The second-order valence-electron chi connectivity index (χ2n) is 6.46. The maximum Gasteiger partial charge on any atom is 0.317 e. The van der Waals surface area contributed by atoms with E-state index in [2.05, 4.69) is 23.3 Å². The molecule has 0 saturated carbocycles. The van der Waals surface area contributed by atoms with Crippen molar-refractivity contribution in [2.24, 2.45) is 5.92 Å². The number of hydrogen-bond acceptors (Lipinski definition) is 3. The minimum Gasteiger partial charge on any atom is -0.497 e. The van der Waals surface area contributed by atoms with E-state index < -0.39 is 0 Å². The Morgan fingerprint density at radius 1 is 1.39 bits per heavy atom. The minimum absolute atomic E-state index is 0.0202. The molecule has 1 N–H and O–H groups in total. The molecule has 0 aromatic heterocycles. The number of nitrogens with zero attached hydrogens (tertiary/aromatic N) is 2. The third-order valence-electron chi connectivity index (χ3n) is 4.54. The average molecular weight is 319 g/mol. The topological polar surface area (TPSA) is 44.8 Å². The summed E-state index contributed by atoms with van der Waals surface area (Å²) < 4.78 is 5.21. The molecule has 1 aliphatic heterocycles. The molecule has 1 saturated heterocycles. The van der Waals surface area contributed by atoms with Gasteiger partial charge in [0, 0.05) is 20.1 Å². The first-order chi connectivity index (χ1) is 11.1. The maximum absolute atomic E-state index is 12.2. The van der Waals surface area contributed by atoms with Gasteiger partial charge < -0.3 is 19.9 Å². The van der Waals surface area contributed by atoms with Crippen LogP contribution < -0.4 is 10.1 Å². The summed E-state index contributed by atoms with van der Waals surface area (Å²) >= 11 is 0. The van der Waals surface area contributed by atoms with Crippen LogP contribution in [0.2, 0.25) is 0 Å². The Bertz CT molecular complexity index is 499. The van der Waals surface area contributed by atoms with Crippen LogP contribution >= 0.6 is 0 Å². The lowest BCUT2D eigenvalue weighted by atomic mass is 9.97. The fourth-order valence-corrected chi connectivity index (χ4v) is 2.99. The average Bonchev–Trinajstić information content (AvgIpc) is 2.57. The van der Waals surface area contributed by atoms with Gasteiger partial charge in [-0.25, -0.2) is 4.79 Å². The first-order valence-electron chi connectivity index (χ1n) is 8.39. The summed E-state index contributed by atoms with van der Waals surface area (Å²) in [7, 11) is 5.71. The second kappa shape index (κ2) is 8.77. The Labute approximate surface area is 139 Å². The van der Waals surface area contributed by atoms with Crippen molar-refractivity contribution >= 4 is 6.03 Å². The number of ether oxygens (including phenoxy) is 1. The summed E-state index contributed by atoms with van der Waals surface area (Å²) in [6.45, 7) is 3.76. The number of urea groups is 1. The molecule has 0 aliphatic carbocycles. The number of amides is 2. The van der Waals surface area contributed by atoms with Crippen molar-refractivity contribution in [2.75, 3.05) is 47.4 Å². The molecule has 5 nitrogen and oxygen atoms in total. The molecule has 0 spiro atoms. The van der Waals surface area contributed by atoms with Gasteiger partial charge in [-0.05, 0) is 63.0 Å². The van der Waals surface area contributed by atoms with E-state index in [1.807, 2.05) is 30.1 Å². The summed E-state index contributed by atoms with van der Waals surface area (Å²) in [6, 6.07) is 7.98. The Balaban J connectivity index is 1.69. The number of nitrogens with one attached hydrogen (secondary N) is 1. The van der Waals surface area contributed by atoms with Crippen molar-refractivity contribution < 1.29 is 9.53 Å². The van der Waals surface area contributed by atoms with Gasteiger partial charge in [0.15, 0.2) is 0 Å². The Kier molecular flexibility index (Phi) is 6.71. The summed E-state index contributed by atoms with van der Waals surface area (Å²) in [6.07, 6.45) is 3.17. The first-order valence-corrected chi connectivity index (χ1v) is 8.39. The molecule has 1 heterocycles. The molecule has 5 heteroatoms. The van der Waals surface area contributed by atoms with Crippen LogP contribution in [-0.4, -0.2) is 63.2 Å². The number of piperidine rings is 1. The number of carbonyl (C=O) groups excluding carboxylic acids is 1. The minimum atomic E-state index is 0.0202. The SMILES string of the molecule is COc1cccc(CCNC(=O)N(C)CC2CCN(C)CC2)c1. The van der Waals surface area contributed by atoms with Gasteiger partial charge in [-0.2, -0.15) is 0 Å². The second-order valence-corrected chi connectivity index (χ2v) is 6.46. The number of hydrogen-bond donors (Lipinski definition) is 1. The number of carbonyl (C=O) groups is 1. The van der Waals surface area contributed by atoms with E-state index in [0.29, 0.717) is 12.5 Å². The molecule has 1 aliphatic rings. The van der Waals surface area contributed by atoms with Gasteiger partial charge in [0.05, 0.1) is 7.11 Å². The Hall–Kier alpha value is -1.75. The van der Waals surface area contributed by atoms with Gasteiger partial charge in [-0.3, -0.25) is 0 Å². The van der Waals surface area contributed by atoms with Crippen molar-refractivity contribution in [3.8, 4) is 5.75 Å².